The number of hydrogen-bond acceptors (Lipinski definition) is 3. The van der Waals surface area contributed by atoms with E-state index in [1.165, 1.54) is 6.92 Å². The fraction of sp³-hybridized carbons (Fsp3) is 0.111. The van der Waals surface area contributed by atoms with Crippen LogP contribution in [0.5, 0.6) is 0 Å². The number of aromatic nitrogens is 1. The van der Waals surface area contributed by atoms with Crippen molar-refractivity contribution in [1.29, 1.82) is 5.41 Å². The zero-order chi connectivity index (χ0) is 9.68. The summed E-state index contributed by atoms with van der Waals surface area (Å²) in [6.45, 7) is 1.39. The number of rotatable bonds is 3. The Morgan fingerprint density at radius 2 is 2.15 bits per heavy atom. The molecule has 13 heavy (non-hydrogen) atoms. The SMILES string of the molecule is CC(=N)/C(F)=C\Nc1ccncc1. The van der Waals surface area contributed by atoms with Gasteiger partial charge in [-0.25, -0.2) is 4.39 Å². The van der Waals surface area contributed by atoms with E-state index >= 15 is 0 Å². The van der Waals surface area contributed by atoms with Crippen LogP contribution in [0.2, 0.25) is 0 Å². The zero-order valence-electron chi connectivity index (χ0n) is 7.21. The van der Waals surface area contributed by atoms with Gasteiger partial charge >= 0.3 is 0 Å². The zero-order valence-corrected chi connectivity index (χ0v) is 7.21. The molecule has 1 rings (SSSR count). The van der Waals surface area contributed by atoms with E-state index in [2.05, 4.69) is 10.3 Å². The van der Waals surface area contributed by atoms with Crippen LogP contribution in [0.4, 0.5) is 10.1 Å². The molecular weight excluding hydrogens is 169 g/mol. The van der Waals surface area contributed by atoms with Crippen molar-refractivity contribution >= 4 is 11.4 Å². The van der Waals surface area contributed by atoms with E-state index in [-0.39, 0.29) is 5.71 Å². The van der Waals surface area contributed by atoms with Crippen LogP contribution in [0.25, 0.3) is 0 Å². The summed E-state index contributed by atoms with van der Waals surface area (Å²) >= 11 is 0. The first-order valence-electron chi connectivity index (χ1n) is 3.78. The largest absolute Gasteiger partial charge is 0.359 e. The lowest BCUT2D eigenvalue weighted by molar-refractivity contribution is 0.677. The van der Waals surface area contributed by atoms with Crippen LogP contribution in [0.1, 0.15) is 6.92 Å². The van der Waals surface area contributed by atoms with Gasteiger partial charge in [-0.3, -0.25) is 4.98 Å². The highest BCUT2D eigenvalue weighted by atomic mass is 19.1. The summed E-state index contributed by atoms with van der Waals surface area (Å²) in [5.74, 6) is -0.572. The minimum Gasteiger partial charge on any atom is -0.359 e. The van der Waals surface area contributed by atoms with Crippen molar-refractivity contribution in [2.45, 2.75) is 6.92 Å². The minimum atomic E-state index is -0.572. The Labute approximate surface area is 75.8 Å². The van der Waals surface area contributed by atoms with Gasteiger partial charge in [-0.2, -0.15) is 0 Å². The van der Waals surface area contributed by atoms with E-state index in [0.29, 0.717) is 0 Å². The lowest BCUT2D eigenvalue weighted by Gasteiger charge is -1.99. The van der Waals surface area contributed by atoms with Crippen LogP contribution < -0.4 is 5.32 Å². The first kappa shape index (κ1) is 9.38. The molecular formula is C9H10FN3. The second-order valence-corrected chi connectivity index (χ2v) is 2.50. The Balaban J connectivity index is 2.62. The van der Waals surface area contributed by atoms with Gasteiger partial charge in [0.1, 0.15) is 0 Å². The molecule has 0 saturated carbocycles. The first-order chi connectivity index (χ1) is 6.20. The molecule has 0 aromatic carbocycles. The van der Waals surface area contributed by atoms with Gasteiger partial charge in [0, 0.05) is 24.3 Å². The Hall–Kier alpha value is -1.71. The molecule has 1 aromatic rings. The van der Waals surface area contributed by atoms with Crippen LogP contribution in [-0.4, -0.2) is 10.7 Å². The fourth-order valence-electron chi connectivity index (χ4n) is 0.703. The topological polar surface area (TPSA) is 48.8 Å². The first-order valence-corrected chi connectivity index (χ1v) is 3.78. The molecule has 0 radical (unpaired) electrons. The normalized spacial score (nSPS) is 11.1. The number of halogens is 1. The van der Waals surface area contributed by atoms with Crippen LogP contribution in [-0.2, 0) is 0 Å². The van der Waals surface area contributed by atoms with E-state index in [0.717, 1.165) is 11.9 Å². The Bertz CT molecular complexity index is 319. The smallest absolute Gasteiger partial charge is 0.159 e. The molecule has 0 bridgehead atoms. The van der Waals surface area contributed by atoms with Crippen molar-refractivity contribution in [3.8, 4) is 0 Å². The standard InChI is InChI=1S/C9H10FN3/c1-7(11)9(10)6-13-8-2-4-12-5-3-8/h2-6,11H,1H3,(H,12,13)/b9-6+,11-7?. The highest BCUT2D eigenvalue weighted by molar-refractivity contribution is 5.93. The van der Waals surface area contributed by atoms with Gasteiger partial charge in [-0.15, -0.1) is 0 Å². The van der Waals surface area contributed by atoms with E-state index in [4.69, 9.17) is 5.41 Å². The van der Waals surface area contributed by atoms with Crippen LogP contribution in [0.3, 0.4) is 0 Å². The van der Waals surface area contributed by atoms with E-state index < -0.39 is 5.83 Å². The molecule has 0 atom stereocenters. The third kappa shape index (κ3) is 3.02. The number of pyridine rings is 1. The van der Waals surface area contributed by atoms with Crippen molar-refractivity contribution in [3.05, 3.63) is 36.6 Å². The second-order valence-electron chi connectivity index (χ2n) is 2.50. The van der Waals surface area contributed by atoms with Crippen molar-refractivity contribution < 1.29 is 4.39 Å². The Kier molecular flexibility index (Phi) is 3.14. The molecule has 0 amide bonds. The third-order valence-electron chi connectivity index (χ3n) is 1.40. The summed E-state index contributed by atoms with van der Waals surface area (Å²) in [7, 11) is 0. The summed E-state index contributed by atoms with van der Waals surface area (Å²) < 4.78 is 12.8. The average molecular weight is 179 g/mol. The van der Waals surface area contributed by atoms with Gasteiger partial charge in [0.2, 0.25) is 0 Å². The Morgan fingerprint density at radius 3 is 2.69 bits per heavy atom. The molecule has 0 aliphatic rings. The van der Waals surface area contributed by atoms with Crippen LogP contribution in [0.15, 0.2) is 36.6 Å². The van der Waals surface area contributed by atoms with Crippen molar-refractivity contribution in [2.24, 2.45) is 0 Å². The van der Waals surface area contributed by atoms with E-state index in [9.17, 15) is 4.39 Å². The summed E-state index contributed by atoms with van der Waals surface area (Å²) in [4.78, 5) is 3.81. The molecule has 1 aromatic heterocycles. The lowest BCUT2D eigenvalue weighted by Crippen LogP contribution is -1.94. The molecule has 0 aliphatic heterocycles. The molecule has 68 valence electrons. The maximum Gasteiger partial charge on any atom is 0.159 e. The monoisotopic (exact) mass is 179 g/mol. The number of nitrogens with zero attached hydrogens (tertiary/aromatic N) is 1. The predicted octanol–water partition coefficient (Wildman–Crippen LogP) is 2.34. The van der Waals surface area contributed by atoms with Gasteiger partial charge < -0.3 is 10.7 Å². The van der Waals surface area contributed by atoms with Gasteiger partial charge in [-0.05, 0) is 19.1 Å². The average Bonchev–Trinajstić information content (AvgIpc) is 2.15. The molecule has 0 spiro atoms. The predicted molar refractivity (Wildman–Crippen MR) is 50.5 cm³/mol. The minimum absolute atomic E-state index is 0.0958. The quantitative estimate of drug-likeness (QED) is 0.699. The van der Waals surface area contributed by atoms with Gasteiger partial charge in [0.05, 0.1) is 5.71 Å². The van der Waals surface area contributed by atoms with E-state index in [1.54, 1.807) is 24.5 Å². The molecule has 0 saturated heterocycles. The van der Waals surface area contributed by atoms with Gasteiger partial charge in [0.15, 0.2) is 5.83 Å². The summed E-state index contributed by atoms with van der Waals surface area (Å²) in [6.07, 6.45) is 4.36. The molecule has 4 heteroatoms. The molecule has 0 aliphatic carbocycles. The Morgan fingerprint density at radius 1 is 1.54 bits per heavy atom. The lowest BCUT2D eigenvalue weighted by atomic mass is 10.3. The summed E-state index contributed by atoms with van der Waals surface area (Å²) in [6, 6.07) is 3.42. The van der Waals surface area contributed by atoms with Gasteiger partial charge in [-0.1, -0.05) is 0 Å². The van der Waals surface area contributed by atoms with Crippen LogP contribution in [0, 0.1) is 5.41 Å². The maximum atomic E-state index is 12.8. The van der Waals surface area contributed by atoms with Gasteiger partial charge in [0.25, 0.3) is 0 Å². The summed E-state index contributed by atoms with van der Waals surface area (Å²) in [5.41, 5.74) is 0.646. The third-order valence-corrected chi connectivity index (χ3v) is 1.40. The molecule has 1 heterocycles. The summed E-state index contributed by atoms with van der Waals surface area (Å²) in [5, 5.41) is 9.68. The highest BCUT2D eigenvalue weighted by Crippen LogP contribution is 2.05. The van der Waals surface area contributed by atoms with Crippen molar-refractivity contribution in [1.82, 2.24) is 4.98 Å². The van der Waals surface area contributed by atoms with Crippen molar-refractivity contribution in [3.63, 3.8) is 0 Å². The second kappa shape index (κ2) is 4.35. The number of anilines is 1. The molecule has 0 unspecified atom stereocenters. The molecule has 0 fully saturated rings. The highest BCUT2D eigenvalue weighted by Gasteiger charge is 1.95. The molecule has 2 N–H and O–H groups in total. The van der Waals surface area contributed by atoms with Crippen molar-refractivity contribution in [2.75, 3.05) is 5.32 Å². The number of hydrogen-bond donors (Lipinski definition) is 2. The fourth-order valence-corrected chi connectivity index (χ4v) is 0.703. The number of allylic oxidation sites excluding steroid dienone is 1. The maximum absolute atomic E-state index is 12.8. The molecule has 3 nitrogen and oxygen atoms in total. The van der Waals surface area contributed by atoms with Crippen LogP contribution >= 0.6 is 0 Å². The number of nitrogens with one attached hydrogen (secondary N) is 2. The van der Waals surface area contributed by atoms with E-state index in [1.807, 2.05) is 0 Å².